The third kappa shape index (κ3) is 8.57. The fourth-order valence-corrected chi connectivity index (χ4v) is 3.64. The number of hydrogen-bond acceptors (Lipinski definition) is 5. The topological polar surface area (TPSA) is 121 Å². The number of halogens is 4. The number of hydrogen-bond donors (Lipinski definition) is 4. The highest BCUT2D eigenvalue weighted by Crippen LogP contribution is 2.36. The molecule has 1 heterocycles. The van der Waals surface area contributed by atoms with E-state index in [9.17, 15) is 27.6 Å². The van der Waals surface area contributed by atoms with Crippen molar-refractivity contribution in [1.29, 1.82) is 0 Å². The van der Waals surface area contributed by atoms with E-state index in [1.807, 2.05) is 30.3 Å². The van der Waals surface area contributed by atoms with Gasteiger partial charge in [-0.05, 0) is 60.2 Å². The van der Waals surface area contributed by atoms with Crippen LogP contribution in [0.1, 0.15) is 21.6 Å². The Hall–Kier alpha value is -5.36. The Balaban J connectivity index is 1.29. The standard InChI is InChI=1S/C29H21ClF3N5O4/c30-24-12-9-20(16-23(24)29(31,32)33)36-28(41)35-19-7-10-21(11-8-19)42-22-14-15-34-25(17-22)27(40)38-37-26(39)13-6-18-4-2-1-3-5-18/h1-17H,(H,37,39)(H,38,40)(H2,35,36,41). The van der Waals surface area contributed by atoms with Crippen molar-refractivity contribution in [3.8, 4) is 11.5 Å². The molecule has 0 bridgehead atoms. The summed E-state index contributed by atoms with van der Waals surface area (Å²) >= 11 is 5.60. The summed E-state index contributed by atoms with van der Waals surface area (Å²) < 4.78 is 44.9. The predicted molar refractivity (Wildman–Crippen MR) is 151 cm³/mol. The predicted octanol–water partition coefficient (Wildman–Crippen LogP) is 6.66. The maximum absolute atomic E-state index is 13.0. The zero-order chi connectivity index (χ0) is 30.1. The van der Waals surface area contributed by atoms with Crippen molar-refractivity contribution in [2.45, 2.75) is 6.18 Å². The molecular formula is C29H21ClF3N5O4. The number of ether oxygens (including phenoxy) is 1. The van der Waals surface area contributed by atoms with Crippen LogP contribution in [0.15, 0.2) is 97.2 Å². The molecule has 1 aromatic heterocycles. The molecule has 3 aromatic carbocycles. The Morgan fingerprint density at radius 3 is 2.21 bits per heavy atom. The van der Waals surface area contributed by atoms with Crippen molar-refractivity contribution in [3.05, 3.63) is 119 Å². The van der Waals surface area contributed by atoms with Crippen molar-refractivity contribution < 1.29 is 32.3 Å². The molecule has 214 valence electrons. The first-order chi connectivity index (χ1) is 20.1. The highest BCUT2D eigenvalue weighted by Gasteiger charge is 2.33. The van der Waals surface area contributed by atoms with Crippen molar-refractivity contribution in [1.82, 2.24) is 15.8 Å². The fourth-order valence-electron chi connectivity index (χ4n) is 3.42. The average molecular weight is 596 g/mol. The Kier molecular flexibility index (Phi) is 9.40. The first-order valence-corrected chi connectivity index (χ1v) is 12.5. The van der Waals surface area contributed by atoms with Crippen LogP contribution in [0.4, 0.5) is 29.3 Å². The van der Waals surface area contributed by atoms with Crippen LogP contribution in [0.2, 0.25) is 5.02 Å². The molecule has 0 radical (unpaired) electrons. The Morgan fingerprint density at radius 2 is 1.50 bits per heavy atom. The van der Waals surface area contributed by atoms with Gasteiger partial charge in [0.25, 0.3) is 11.8 Å². The number of alkyl halides is 3. The summed E-state index contributed by atoms with van der Waals surface area (Å²) in [6.45, 7) is 0. The van der Waals surface area contributed by atoms with Crippen LogP contribution in [-0.2, 0) is 11.0 Å². The SMILES string of the molecule is O=C(C=Cc1ccccc1)NNC(=O)c1cc(Oc2ccc(NC(=O)Nc3ccc(Cl)c(C(F)(F)F)c3)cc2)ccn1. The van der Waals surface area contributed by atoms with Gasteiger partial charge >= 0.3 is 12.2 Å². The van der Waals surface area contributed by atoms with Gasteiger partial charge in [0.15, 0.2) is 0 Å². The van der Waals surface area contributed by atoms with Crippen molar-refractivity contribution in [2.75, 3.05) is 10.6 Å². The molecule has 0 saturated carbocycles. The highest BCUT2D eigenvalue weighted by atomic mass is 35.5. The van der Waals surface area contributed by atoms with E-state index in [2.05, 4.69) is 26.5 Å². The van der Waals surface area contributed by atoms with Crippen LogP contribution in [-0.4, -0.2) is 22.8 Å². The van der Waals surface area contributed by atoms with Gasteiger partial charge in [-0.15, -0.1) is 0 Å². The normalized spacial score (nSPS) is 11.0. The summed E-state index contributed by atoms with van der Waals surface area (Å²) in [7, 11) is 0. The van der Waals surface area contributed by atoms with E-state index in [1.54, 1.807) is 6.08 Å². The number of hydrazine groups is 1. The Morgan fingerprint density at radius 1 is 0.810 bits per heavy atom. The molecule has 13 heteroatoms. The minimum Gasteiger partial charge on any atom is -0.457 e. The van der Waals surface area contributed by atoms with Crippen LogP contribution in [0.3, 0.4) is 0 Å². The van der Waals surface area contributed by atoms with Gasteiger partial charge in [-0.3, -0.25) is 25.4 Å². The van der Waals surface area contributed by atoms with Gasteiger partial charge in [0.1, 0.15) is 17.2 Å². The number of nitrogens with one attached hydrogen (secondary N) is 4. The number of urea groups is 1. The summed E-state index contributed by atoms with van der Waals surface area (Å²) in [6.07, 6.45) is -0.459. The second kappa shape index (κ2) is 13.3. The van der Waals surface area contributed by atoms with Gasteiger partial charge in [-0.1, -0.05) is 41.9 Å². The number of amides is 4. The lowest BCUT2D eigenvalue weighted by atomic mass is 10.2. The number of rotatable bonds is 7. The third-order valence-electron chi connectivity index (χ3n) is 5.37. The molecule has 42 heavy (non-hydrogen) atoms. The number of carbonyl (C=O) groups is 3. The third-order valence-corrected chi connectivity index (χ3v) is 5.70. The zero-order valence-electron chi connectivity index (χ0n) is 21.4. The minimum absolute atomic E-state index is 0.0225. The molecule has 0 atom stereocenters. The molecule has 0 aliphatic rings. The van der Waals surface area contributed by atoms with E-state index < -0.39 is 34.6 Å². The molecule has 4 N–H and O–H groups in total. The number of benzene rings is 3. The van der Waals surface area contributed by atoms with Crippen molar-refractivity contribution in [2.24, 2.45) is 0 Å². The Bertz CT molecular complexity index is 1610. The molecule has 4 rings (SSSR count). The maximum Gasteiger partial charge on any atom is 0.417 e. The fraction of sp³-hybridized carbons (Fsp3) is 0.0345. The lowest BCUT2D eigenvalue weighted by Crippen LogP contribution is -2.41. The largest absolute Gasteiger partial charge is 0.457 e. The van der Waals surface area contributed by atoms with Crippen LogP contribution in [0, 0.1) is 0 Å². The molecule has 0 fully saturated rings. The zero-order valence-corrected chi connectivity index (χ0v) is 22.2. The highest BCUT2D eigenvalue weighted by molar-refractivity contribution is 6.31. The van der Waals surface area contributed by atoms with Crippen LogP contribution < -0.4 is 26.2 Å². The lowest BCUT2D eigenvalue weighted by Gasteiger charge is -2.12. The number of carbonyl (C=O) groups excluding carboxylic acids is 3. The summed E-state index contributed by atoms with van der Waals surface area (Å²) in [4.78, 5) is 40.6. The van der Waals surface area contributed by atoms with Gasteiger partial charge in [-0.2, -0.15) is 13.2 Å². The van der Waals surface area contributed by atoms with E-state index in [4.69, 9.17) is 16.3 Å². The second-order valence-electron chi connectivity index (χ2n) is 8.46. The first-order valence-electron chi connectivity index (χ1n) is 12.1. The van der Waals surface area contributed by atoms with Crippen LogP contribution in [0.25, 0.3) is 6.08 Å². The lowest BCUT2D eigenvalue weighted by molar-refractivity contribution is -0.137. The molecule has 0 spiro atoms. The van der Waals surface area contributed by atoms with E-state index in [-0.39, 0.29) is 17.1 Å². The van der Waals surface area contributed by atoms with Gasteiger partial charge < -0.3 is 15.4 Å². The summed E-state index contributed by atoms with van der Waals surface area (Å²) in [5, 5.41) is 4.33. The van der Waals surface area contributed by atoms with Gasteiger partial charge in [0.05, 0.1) is 10.6 Å². The molecule has 0 aliphatic heterocycles. The first kappa shape index (κ1) is 29.6. The number of pyridine rings is 1. The monoisotopic (exact) mass is 595 g/mol. The van der Waals surface area contributed by atoms with Crippen molar-refractivity contribution >= 4 is 46.9 Å². The summed E-state index contributed by atoms with van der Waals surface area (Å²) in [6, 6.07) is 20.3. The van der Waals surface area contributed by atoms with E-state index in [0.717, 1.165) is 17.7 Å². The van der Waals surface area contributed by atoms with Crippen molar-refractivity contribution in [3.63, 3.8) is 0 Å². The van der Waals surface area contributed by atoms with Gasteiger partial charge in [0, 0.05) is 29.7 Å². The van der Waals surface area contributed by atoms with E-state index in [1.165, 1.54) is 54.7 Å². The van der Waals surface area contributed by atoms with Gasteiger partial charge in [-0.25, -0.2) is 4.79 Å². The number of aromatic nitrogens is 1. The smallest absolute Gasteiger partial charge is 0.417 e. The summed E-state index contributed by atoms with van der Waals surface area (Å²) in [5.74, 6) is -0.589. The Labute approximate surface area is 242 Å². The van der Waals surface area contributed by atoms with Crippen LogP contribution >= 0.6 is 11.6 Å². The molecule has 0 aliphatic carbocycles. The average Bonchev–Trinajstić information content (AvgIpc) is 2.97. The minimum atomic E-state index is -4.67. The molecular weight excluding hydrogens is 575 g/mol. The molecule has 4 amide bonds. The van der Waals surface area contributed by atoms with Crippen LogP contribution in [0.5, 0.6) is 11.5 Å². The van der Waals surface area contributed by atoms with E-state index >= 15 is 0 Å². The summed E-state index contributed by atoms with van der Waals surface area (Å²) in [5.41, 5.74) is 4.50. The quantitative estimate of drug-likeness (QED) is 0.141. The molecule has 0 saturated heterocycles. The molecule has 4 aromatic rings. The number of nitrogens with zero attached hydrogens (tertiary/aromatic N) is 1. The second-order valence-corrected chi connectivity index (χ2v) is 8.87. The van der Waals surface area contributed by atoms with Gasteiger partial charge in [0.2, 0.25) is 0 Å². The maximum atomic E-state index is 13.0. The van der Waals surface area contributed by atoms with E-state index in [0.29, 0.717) is 11.4 Å². The molecule has 0 unspecified atom stereocenters. The number of anilines is 2. The molecule has 9 nitrogen and oxygen atoms in total.